The number of hydrogen-bond donors (Lipinski definition) is 1. The number of rotatable bonds is 3. The standard InChI is InChI=1S/C15H18BrNO5/c1-9-6-17(7-10(2)22-9)14(19)8-21-15(20)12-5-11(16)3-4-13(12)18/h3-5,9-10,18H,6-8H2,1-2H3. The molecule has 0 aliphatic carbocycles. The van der Waals surface area contributed by atoms with E-state index in [-0.39, 0.29) is 36.0 Å². The van der Waals surface area contributed by atoms with Gasteiger partial charge in [0.1, 0.15) is 11.3 Å². The maximum Gasteiger partial charge on any atom is 0.342 e. The number of amides is 1. The Morgan fingerprint density at radius 3 is 2.64 bits per heavy atom. The number of esters is 1. The molecular weight excluding hydrogens is 354 g/mol. The summed E-state index contributed by atoms with van der Waals surface area (Å²) in [5, 5.41) is 9.66. The first-order chi connectivity index (χ1) is 10.4. The molecule has 0 aromatic heterocycles. The van der Waals surface area contributed by atoms with Crippen LogP contribution in [0.1, 0.15) is 24.2 Å². The van der Waals surface area contributed by atoms with E-state index in [1.807, 2.05) is 13.8 Å². The lowest BCUT2D eigenvalue weighted by Crippen LogP contribution is -2.49. The molecule has 0 saturated carbocycles. The first kappa shape index (κ1) is 16.8. The fraction of sp³-hybridized carbons (Fsp3) is 0.467. The predicted octanol–water partition coefficient (Wildman–Crippen LogP) is 1.95. The molecule has 6 nitrogen and oxygen atoms in total. The number of phenols is 1. The van der Waals surface area contributed by atoms with Gasteiger partial charge in [-0.25, -0.2) is 4.79 Å². The highest BCUT2D eigenvalue weighted by molar-refractivity contribution is 9.10. The van der Waals surface area contributed by atoms with Crippen molar-refractivity contribution >= 4 is 27.8 Å². The van der Waals surface area contributed by atoms with Crippen LogP contribution in [0, 0.1) is 0 Å². The molecule has 1 N–H and O–H groups in total. The third-order valence-corrected chi connectivity index (χ3v) is 3.77. The highest BCUT2D eigenvalue weighted by Gasteiger charge is 2.26. The van der Waals surface area contributed by atoms with Gasteiger partial charge in [-0.3, -0.25) is 4.79 Å². The SMILES string of the molecule is CC1CN(C(=O)COC(=O)c2cc(Br)ccc2O)CC(C)O1. The molecule has 1 amide bonds. The summed E-state index contributed by atoms with van der Waals surface area (Å²) < 4.78 is 11.2. The van der Waals surface area contributed by atoms with Crippen LogP contribution in [-0.4, -0.2) is 53.8 Å². The van der Waals surface area contributed by atoms with E-state index in [0.717, 1.165) is 0 Å². The third-order valence-electron chi connectivity index (χ3n) is 3.28. The molecule has 2 atom stereocenters. The lowest BCUT2D eigenvalue weighted by Gasteiger charge is -2.35. The first-order valence-electron chi connectivity index (χ1n) is 6.95. The summed E-state index contributed by atoms with van der Waals surface area (Å²) in [6, 6.07) is 4.43. The minimum atomic E-state index is -0.735. The van der Waals surface area contributed by atoms with Crippen LogP contribution in [0.5, 0.6) is 5.75 Å². The zero-order chi connectivity index (χ0) is 16.3. The fourth-order valence-corrected chi connectivity index (χ4v) is 2.71. The van der Waals surface area contributed by atoms with E-state index in [0.29, 0.717) is 17.6 Å². The molecule has 120 valence electrons. The molecule has 0 spiro atoms. The van der Waals surface area contributed by atoms with Crippen molar-refractivity contribution in [2.75, 3.05) is 19.7 Å². The molecule has 7 heteroatoms. The number of aromatic hydroxyl groups is 1. The van der Waals surface area contributed by atoms with Gasteiger partial charge in [0.25, 0.3) is 5.91 Å². The number of nitrogens with zero attached hydrogens (tertiary/aromatic N) is 1. The van der Waals surface area contributed by atoms with E-state index in [1.165, 1.54) is 12.1 Å². The predicted molar refractivity (Wildman–Crippen MR) is 82.7 cm³/mol. The lowest BCUT2D eigenvalue weighted by atomic mass is 10.2. The summed E-state index contributed by atoms with van der Waals surface area (Å²) in [4.78, 5) is 25.7. The summed E-state index contributed by atoms with van der Waals surface area (Å²) in [5.41, 5.74) is 0.0193. The van der Waals surface area contributed by atoms with Crippen molar-refractivity contribution in [3.8, 4) is 5.75 Å². The summed E-state index contributed by atoms with van der Waals surface area (Å²) in [5.74, 6) is -1.19. The minimum Gasteiger partial charge on any atom is -0.507 e. The van der Waals surface area contributed by atoms with Gasteiger partial charge >= 0.3 is 5.97 Å². The number of phenolic OH excluding ortho intramolecular Hbond substituents is 1. The molecule has 1 heterocycles. The van der Waals surface area contributed by atoms with Gasteiger partial charge in [-0.2, -0.15) is 0 Å². The molecule has 1 fully saturated rings. The van der Waals surface area contributed by atoms with E-state index in [2.05, 4.69) is 15.9 Å². The summed E-state index contributed by atoms with van der Waals surface area (Å²) in [7, 11) is 0. The van der Waals surface area contributed by atoms with Gasteiger partial charge in [0, 0.05) is 17.6 Å². The highest BCUT2D eigenvalue weighted by atomic mass is 79.9. The average molecular weight is 372 g/mol. The summed E-state index contributed by atoms with van der Waals surface area (Å²) in [6.07, 6.45) is -0.0879. The molecule has 2 rings (SSSR count). The zero-order valence-electron chi connectivity index (χ0n) is 12.4. The maximum absolute atomic E-state index is 12.1. The third kappa shape index (κ3) is 4.20. The van der Waals surface area contributed by atoms with Crippen molar-refractivity contribution in [2.24, 2.45) is 0 Å². The Morgan fingerprint density at radius 2 is 2.00 bits per heavy atom. The molecule has 1 aliphatic heterocycles. The Labute approximate surface area is 137 Å². The Bertz CT molecular complexity index is 567. The Kier molecular flexibility index (Phi) is 5.42. The molecule has 1 aromatic rings. The normalized spacial score (nSPS) is 21.5. The van der Waals surface area contributed by atoms with Gasteiger partial charge < -0.3 is 19.5 Å². The second-order valence-corrected chi connectivity index (χ2v) is 6.21. The molecule has 1 aromatic carbocycles. The van der Waals surface area contributed by atoms with Crippen LogP contribution in [0.2, 0.25) is 0 Å². The van der Waals surface area contributed by atoms with Crippen molar-refractivity contribution < 1.29 is 24.2 Å². The minimum absolute atomic E-state index is 0.0193. The summed E-state index contributed by atoms with van der Waals surface area (Å²) >= 11 is 3.21. The zero-order valence-corrected chi connectivity index (χ0v) is 14.0. The van der Waals surface area contributed by atoms with Crippen LogP contribution in [-0.2, 0) is 14.3 Å². The van der Waals surface area contributed by atoms with Crippen LogP contribution >= 0.6 is 15.9 Å². The van der Waals surface area contributed by atoms with E-state index >= 15 is 0 Å². The van der Waals surface area contributed by atoms with Crippen molar-refractivity contribution in [2.45, 2.75) is 26.1 Å². The second kappa shape index (κ2) is 7.11. The molecule has 22 heavy (non-hydrogen) atoms. The van der Waals surface area contributed by atoms with Crippen LogP contribution in [0.25, 0.3) is 0 Å². The second-order valence-electron chi connectivity index (χ2n) is 5.29. The molecule has 1 saturated heterocycles. The van der Waals surface area contributed by atoms with Gasteiger partial charge in [0.2, 0.25) is 0 Å². The number of benzene rings is 1. The number of carbonyl (C=O) groups excluding carboxylic acids is 2. The van der Waals surface area contributed by atoms with Gasteiger partial charge in [-0.05, 0) is 32.0 Å². The molecular formula is C15H18BrNO5. The van der Waals surface area contributed by atoms with E-state index in [4.69, 9.17) is 9.47 Å². The Morgan fingerprint density at radius 1 is 1.36 bits per heavy atom. The van der Waals surface area contributed by atoms with Crippen LogP contribution in [0.3, 0.4) is 0 Å². The molecule has 1 aliphatic rings. The monoisotopic (exact) mass is 371 g/mol. The first-order valence-corrected chi connectivity index (χ1v) is 7.75. The van der Waals surface area contributed by atoms with Crippen molar-refractivity contribution in [3.63, 3.8) is 0 Å². The van der Waals surface area contributed by atoms with Crippen LogP contribution in [0.15, 0.2) is 22.7 Å². The van der Waals surface area contributed by atoms with Gasteiger partial charge in [0.05, 0.1) is 12.2 Å². The summed E-state index contributed by atoms with van der Waals surface area (Å²) in [6.45, 7) is 4.37. The van der Waals surface area contributed by atoms with E-state index in [9.17, 15) is 14.7 Å². The topological polar surface area (TPSA) is 76.1 Å². The fourth-order valence-electron chi connectivity index (χ4n) is 2.35. The van der Waals surface area contributed by atoms with E-state index in [1.54, 1.807) is 11.0 Å². The number of halogens is 1. The molecule has 2 unspecified atom stereocenters. The molecule has 0 radical (unpaired) electrons. The Hall–Kier alpha value is -1.60. The largest absolute Gasteiger partial charge is 0.507 e. The van der Waals surface area contributed by atoms with Crippen molar-refractivity contribution in [1.82, 2.24) is 4.90 Å². The van der Waals surface area contributed by atoms with E-state index < -0.39 is 5.97 Å². The highest BCUT2D eigenvalue weighted by Crippen LogP contribution is 2.22. The average Bonchev–Trinajstić information content (AvgIpc) is 2.45. The number of morpholine rings is 1. The van der Waals surface area contributed by atoms with Gasteiger partial charge in [0.15, 0.2) is 6.61 Å². The smallest absolute Gasteiger partial charge is 0.342 e. The molecule has 0 bridgehead atoms. The van der Waals surface area contributed by atoms with Crippen molar-refractivity contribution in [3.05, 3.63) is 28.2 Å². The van der Waals surface area contributed by atoms with Crippen molar-refractivity contribution in [1.29, 1.82) is 0 Å². The number of carbonyl (C=O) groups is 2. The van der Waals surface area contributed by atoms with Crippen LogP contribution in [0.4, 0.5) is 0 Å². The number of ether oxygens (including phenoxy) is 2. The Balaban J connectivity index is 1.93. The lowest BCUT2D eigenvalue weighted by molar-refractivity contribution is -0.146. The quantitative estimate of drug-likeness (QED) is 0.821. The van der Waals surface area contributed by atoms with Crippen LogP contribution < -0.4 is 0 Å². The number of hydrogen-bond acceptors (Lipinski definition) is 5. The van der Waals surface area contributed by atoms with Gasteiger partial charge in [-0.15, -0.1) is 0 Å². The maximum atomic E-state index is 12.1. The van der Waals surface area contributed by atoms with Gasteiger partial charge in [-0.1, -0.05) is 15.9 Å².